The van der Waals surface area contributed by atoms with E-state index in [1.54, 1.807) is 13.1 Å². The minimum Gasteiger partial charge on any atom is -0.365 e. The summed E-state index contributed by atoms with van der Waals surface area (Å²) in [6.45, 7) is 0. The van der Waals surface area contributed by atoms with Gasteiger partial charge in [-0.2, -0.15) is 0 Å². The summed E-state index contributed by atoms with van der Waals surface area (Å²) >= 11 is 0. The molecule has 2 atom stereocenters. The number of rotatable bonds is 2. The van der Waals surface area contributed by atoms with Crippen LogP contribution in [-0.4, -0.2) is 28.7 Å². The van der Waals surface area contributed by atoms with Crippen LogP contribution in [0.2, 0.25) is 0 Å². The minimum absolute atomic E-state index is 0.0482. The molecule has 28 heavy (non-hydrogen) atoms. The maximum absolute atomic E-state index is 12.8. The van der Waals surface area contributed by atoms with Gasteiger partial charge in [0.2, 0.25) is 0 Å². The normalized spacial score (nSPS) is 20.4. The van der Waals surface area contributed by atoms with Crippen LogP contribution >= 0.6 is 0 Å². The fourth-order valence-electron chi connectivity index (χ4n) is 4.14. The van der Waals surface area contributed by atoms with Crippen LogP contribution in [0.3, 0.4) is 0 Å². The summed E-state index contributed by atoms with van der Waals surface area (Å²) in [6.07, 6.45) is 3.61. The number of hydrogen-bond donors (Lipinski definition) is 0. The second kappa shape index (κ2) is 5.95. The van der Waals surface area contributed by atoms with Crippen molar-refractivity contribution in [3.63, 3.8) is 0 Å². The Balaban J connectivity index is 1.57. The summed E-state index contributed by atoms with van der Waals surface area (Å²) in [6, 6.07) is 15.6. The molecule has 5 rings (SSSR count). The molecule has 0 saturated carbocycles. The van der Waals surface area contributed by atoms with Crippen LogP contribution in [0, 0.1) is 0 Å². The topological polar surface area (TPSA) is 71.6 Å². The lowest BCUT2D eigenvalue weighted by atomic mass is 9.96. The second-order valence-electron chi connectivity index (χ2n) is 7.05. The fourth-order valence-corrected chi connectivity index (χ4v) is 4.14. The number of nitrogens with zero attached hydrogens (tertiary/aromatic N) is 4. The molecule has 0 fully saturated rings. The Bertz CT molecular complexity index is 1160. The molecule has 0 aliphatic carbocycles. The highest BCUT2D eigenvalue weighted by atomic mass is 16.5. The van der Waals surface area contributed by atoms with Crippen molar-refractivity contribution in [2.45, 2.75) is 12.1 Å². The number of amides is 1. The average Bonchev–Trinajstić information content (AvgIpc) is 3.20. The van der Waals surface area contributed by atoms with E-state index < -0.39 is 5.76 Å². The number of para-hydroxylation sites is 1. The first-order chi connectivity index (χ1) is 13.6. The van der Waals surface area contributed by atoms with Gasteiger partial charge in [0.1, 0.15) is 0 Å². The summed E-state index contributed by atoms with van der Waals surface area (Å²) in [5.41, 5.74) is 3.82. The minimum atomic E-state index is -0.510. The van der Waals surface area contributed by atoms with Gasteiger partial charge < -0.3 is 4.90 Å². The SMILES string of the molecule is CN1c2ccccc2C2C1C=CC(=O)N2c1ccc(-c2noc(=O)n2C)cc1. The number of fused-ring (bicyclic) bond motifs is 3. The predicted octanol–water partition coefficient (Wildman–Crippen LogP) is 2.50. The molecular formula is C21H18N4O3. The molecule has 2 unspecified atom stereocenters. The van der Waals surface area contributed by atoms with Gasteiger partial charge in [-0.05, 0) is 30.3 Å². The van der Waals surface area contributed by atoms with E-state index in [4.69, 9.17) is 4.52 Å². The maximum Gasteiger partial charge on any atom is 0.441 e. The molecule has 7 nitrogen and oxygen atoms in total. The molecular weight excluding hydrogens is 356 g/mol. The van der Waals surface area contributed by atoms with E-state index in [0.29, 0.717) is 5.82 Å². The maximum atomic E-state index is 12.8. The van der Waals surface area contributed by atoms with Crippen molar-refractivity contribution in [1.29, 1.82) is 0 Å². The number of carbonyl (C=O) groups is 1. The van der Waals surface area contributed by atoms with Crippen molar-refractivity contribution >= 4 is 17.3 Å². The lowest BCUT2D eigenvalue weighted by molar-refractivity contribution is -0.115. The van der Waals surface area contributed by atoms with Gasteiger partial charge in [-0.1, -0.05) is 29.4 Å². The number of benzene rings is 2. The Morgan fingerprint density at radius 3 is 2.46 bits per heavy atom. The van der Waals surface area contributed by atoms with E-state index in [2.05, 4.69) is 29.2 Å². The van der Waals surface area contributed by atoms with Gasteiger partial charge in [-0.15, -0.1) is 0 Å². The van der Waals surface area contributed by atoms with E-state index >= 15 is 0 Å². The van der Waals surface area contributed by atoms with E-state index in [0.717, 1.165) is 22.5 Å². The zero-order valence-electron chi connectivity index (χ0n) is 15.4. The van der Waals surface area contributed by atoms with Gasteiger partial charge in [0.25, 0.3) is 5.91 Å². The third-order valence-corrected chi connectivity index (χ3v) is 5.56. The molecule has 7 heteroatoms. The molecule has 0 bridgehead atoms. The highest BCUT2D eigenvalue weighted by Gasteiger charge is 2.43. The van der Waals surface area contributed by atoms with Gasteiger partial charge in [0.05, 0.1) is 12.1 Å². The number of hydrogen-bond acceptors (Lipinski definition) is 5. The van der Waals surface area contributed by atoms with Gasteiger partial charge in [-0.25, -0.2) is 4.79 Å². The number of aromatic nitrogens is 2. The van der Waals surface area contributed by atoms with Gasteiger partial charge in [0.15, 0.2) is 5.82 Å². The summed E-state index contributed by atoms with van der Waals surface area (Å²) in [7, 11) is 3.66. The molecule has 0 saturated heterocycles. The zero-order valence-corrected chi connectivity index (χ0v) is 15.4. The van der Waals surface area contributed by atoms with Gasteiger partial charge >= 0.3 is 5.76 Å². The van der Waals surface area contributed by atoms with Crippen molar-refractivity contribution in [1.82, 2.24) is 9.72 Å². The zero-order chi connectivity index (χ0) is 19.4. The van der Waals surface area contributed by atoms with Crippen LogP contribution in [0.5, 0.6) is 0 Å². The van der Waals surface area contributed by atoms with Gasteiger partial charge in [-0.3, -0.25) is 18.8 Å². The van der Waals surface area contributed by atoms with Crippen LogP contribution in [0.25, 0.3) is 11.4 Å². The Kier molecular flexibility index (Phi) is 3.52. The molecule has 2 aliphatic heterocycles. The third kappa shape index (κ3) is 2.26. The molecule has 0 N–H and O–H groups in total. The molecule has 1 aromatic heterocycles. The first kappa shape index (κ1) is 16.6. The van der Waals surface area contributed by atoms with Crippen molar-refractivity contribution in [2.24, 2.45) is 7.05 Å². The molecule has 0 radical (unpaired) electrons. The van der Waals surface area contributed by atoms with Crippen LogP contribution < -0.4 is 15.6 Å². The Morgan fingerprint density at radius 1 is 1.00 bits per heavy atom. The van der Waals surface area contributed by atoms with E-state index in [-0.39, 0.29) is 18.0 Å². The molecule has 140 valence electrons. The summed E-state index contributed by atoms with van der Waals surface area (Å²) in [5, 5.41) is 3.81. The standard InChI is InChI=1S/C21H18N4O3/c1-23-16-6-4-3-5-15(16)19-17(23)11-12-18(26)25(19)14-9-7-13(8-10-14)20-22-28-21(27)24(20)2/h3-12,17,19H,1-2H3. The lowest BCUT2D eigenvalue weighted by Crippen LogP contribution is -2.44. The fraction of sp³-hybridized carbons (Fsp3) is 0.190. The van der Waals surface area contributed by atoms with E-state index in [1.165, 1.54) is 4.57 Å². The molecule has 1 amide bonds. The number of anilines is 2. The van der Waals surface area contributed by atoms with Crippen LogP contribution in [0.1, 0.15) is 11.6 Å². The number of carbonyl (C=O) groups excluding carboxylic acids is 1. The highest BCUT2D eigenvalue weighted by molar-refractivity contribution is 6.04. The molecule has 3 aromatic rings. The summed E-state index contributed by atoms with van der Waals surface area (Å²) in [4.78, 5) is 28.4. The van der Waals surface area contributed by atoms with Crippen LogP contribution in [-0.2, 0) is 11.8 Å². The Labute approximate surface area is 161 Å². The Hall–Kier alpha value is -3.61. The molecule has 0 spiro atoms. The third-order valence-electron chi connectivity index (χ3n) is 5.56. The first-order valence-electron chi connectivity index (χ1n) is 9.02. The first-order valence-corrected chi connectivity index (χ1v) is 9.02. The van der Waals surface area contributed by atoms with E-state index in [9.17, 15) is 9.59 Å². The van der Waals surface area contributed by atoms with Crippen molar-refractivity contribution in [3.05, 3.63) is 76.8 Å². The molecule has 2 aromatic carbocycles. The summed E-state index contributed by atoms with van der Waals surface area (Å²) in [5.74, 6) is -0.109. The monoisotopic (exact) mass is 374 g/mol. The van der Waals surface area contributed by atoms with Crippen molar-refractivity contribution < 1.29 is 9.32 Å². The van der Waals surface area contributed by atoms with Gasteiger partial charge in [0, 0.05) is 42.7 Å². The van der Waals surface area contributed by atoms with E-state index in [1.807, 2.05) is 47.4 Å². The lowest BCUT2D eigenvalue weighted by Gasteiger charge is -2.36. The van der Waals surface area contributed by atoms with Crippen LogP contribution in [0.4, 0.5) is 11.4 Å². The smallest absolute Gasteiger partial charge is 0.365 e. The average molecular weight is 374 g/mol. The van der Waals surface area contributed by atoms with Crippen LogP contribution in [0.15, 0.2) is 70.0 Å². The van der Waals surface area contributed by atoms with Crippen molar-refractivity contribution in [2.75, 3.05) is 16.8 Å². The summed E-state index contributed by atoms with van der Waals surface area (Å²) < 4.78 is 6.05. The highest BCUT2D eigenvalue weighted by Crippen LogP contribution is 2.45. The molecule has 3 heterocycles. The largest absolute Gasteiger partial charge is 0.441 e. The number of likely N-dealkylation sites (N-methyl/N-ethyl adjacent to an activating group) is 1. The quantitative estimate of drug-likeness (QED) is 0.689. The predicted molar refractivity (Wildman–Crippen MR) is 105 cm³/mol. The Morgan fingerprint density at radius 2 is 1.75 bits per heavy atom. The molecule has 2 aliphatic rings. The van der Waals surface area contributed by atoms with Crippen molar-refractivity contribution in [3.8, 4) is 11.4 Å². The second-order valence-corrected chi connectivity index (χ2v) is 7.05.